The molecule has 0 atom stereocenters. The fourth-order valence-electron chi connectivity index (χ4n) is 0.895. The summed E-state index contributed by atoms with van der Waals surface area (Å²) >= 11 is 0. The summed E-state index contributed by atoms with van der Waals surface area (Å²) < 4.78 is 0. The molecule has 0 aliphatic carbocycles. The molecule has 62 valence electrons. The Morgan fingerprint density at radius 1 is 1.64 bits per heavy atom. The Bertz CT molecular complexity index is 161. The van der Waals surface area contributed by atoms with Crippen molar-refractivity contribution in [2.45, 2.75) is 13.3 Å². The number of hydrogen-bond acceptors (Lipinski definition) is 1. The summed E-state index contributed by atoms with van der Waals surface area (Å²) in [6, 6.07) is 0.0642. The molecular weight excluding hydrogens is 140 g/mol. The van der Waals surface area contributed by atoms with Crippen molar-refractivity contribution in [1.29, 1.82) is 0 Å². The normalized spacial score (nSPS) is 16.6. The quantitative estimate of drug-likeness (QED) is 0.591. The van der Waals surface area contributed by atoms with Gasteiger partial charge in [-0.3, -0.25) is 0 Å². The van der Waals surface area contributed by atoms with Gasteiger partial charge in [0, 0.05) is 19.6 Å². The van der Waals surface area contributed by atoms with Crippen molar-refractivity contribution in [2.75, 3.05) is 19.6 Å². The maximum absolute atomic E-state index is 11.1. The van der Waals surface area contributed by atoms with Crippen LogP contribution in [-0.4, -0.2) is 30.6 Å². The first-order valence-electron chi connectivity index (χ1n) is 3.98. The molecule has 1 rings (SSSR count). The molecule has 0 radical (unpaired) electrons. The predicted octanol–water partition coefficient (Wildman–Crippen LogP) is 0.978. The zero-order valence-electron chi connectivity index (χ0n) is 6.84. The Labute approximate surface area is 67.1 Å². The third-order valence-corrected chi connectivity index (χ3v) is 1.75. The number of amides is 2. The standard InChI is InChI=1S/C8H14N2O/c1-2-3-5-9-8(11)10-6-4-7-10/h2-3H,4-7H2,1H3,(H,9,11)/b3-2+. The number of urea groups is 1. The van der Waals surface area contributed by atoms with Crippen molar-refractivity contribution in [2.24, 2.45) is 0 Å². The van der Waals surface area contributed by atoms with Crippen molar-refractivity contribution in [1.82, 2.24) is 10.2 Å². The van der Waals surface area contributed by atoms with Gasteiger partial charge in [0.15, 0.2) is 0 Å². The SMILES string of the molecule is C/C=C/CNC(=O)N1CCC1. The molecule has 0 aromatic heterocycles. The van der Waals surface area contributed by atoms with E-state index in [-0.39, 0.29) is 6.03 Å². The summed E-state index contributed by atoms with van der Waals surface area (Å²) in [5, 5.41) is 2.79. The van der Waals surface area contributed by atoms with E-state index in [0.717, 1.165) is 19.5 Å². The van der Waals surface area contributed by atoms with Gasteiger partial charge in [0.2, 0.25) is 0 Å². The van der Waals surface area contributed by atoms with Crippen LogP contribution in [-0.2, 0) is 0 Å². The van der Waals surface area contributed by atoms with E-state index in [1.807, 2.05) is 24.0 Å². The Morgan fingerprint density at radius 2 is 2.36 bits per heavy atom. The topological polar surface area (TPSA) is 32.3 Å². The molecule has 3 heteroatoms. The molecule has 0 unspecified atom stereocenters. The summed E-state index contributed by atoms with van der Waals surface area (Å²) in [7, 11) is 0. The first kappa shape index (κ1) is 8.11. The minimum absolute atomic E-state index is 0.0642. The zero-order valence-corrected chi connectivity index (χ0v) is 6.84. The second kappa shape index (κ2) is 4.01. The lowest BCUT2D eigenvalue weighted by Crippen LogP contribution is -2.47. The molecule has 11 heavy (non-hydrogen) atoms. The minimum atomic E-state index is 0.0642. The molecule has 0 aromatic rings. The molecule has 0 aromatic carbocycles. The van der Waals surface area contributed by atoms with Crippen LogP contribution in [0.25, 0.3) is 0 Å². The second-order valence-corrected chi connectivity index (χ2v) is 2.60. The first-order valence-corrected chi connectivity index (χ1v) is 3.98. The minimum Gasteiger partial charge on any atom is -0.335 e. The van der Waals surface area contributed by atoms with E-state index in [0.29, 0.717) is 6.54 Å². The number of carbonyl (C=O) groups excluding carboxylic acids is 1. The Hall–Kier alpha value is -0.990. The molecule has 0 spiro atoms. The van der Waals surface area contributed by atoms with Crippen LogP contribution in [0.2, 0.25) is 0 Å². The van der Waals surface area contributed by atoms with E-state index in [9.17, 15) is 4.79 Å². The highest BCUT2D eigenvalue weighted by molar-refractivity contribution is 5.74. The second-order valence-electron chi connectivity index (χ2n) is 2.60. The van der Waals surface area contributed by atoms with Gasteiger partial charge in [-0.2, -0.15) is 0 Å². The largest absolute Gasteiger partial charge is 0.335 e. The van der Waals surface area contributed by atoms with E-state index in [2.05, 4.69) is 5.32 Å². The third-order valence-electron chi connectivity index (χ3n) is 1.75. The summed E-state index contributed by atoms with van der Waals surface area (Å²) in [6.07, 6.45) is 5.01. The lowest BCUT2D eigenvalue weighted by Gasteiger charge is -2.30. The number of allylic oxidation sites excluding steroid dienone is 1. The Morgan fingerprint density at radius 3 is 2.82 bits per heavy atom. The molecular formula is C8H14N2O. The average molecular weight is 154 g/mol. The van der Waals surface area contributed by atoms with Gasteiger partial charge in [0.1, 0.15) is 0 Å². The number of carbonyl (C=O) groups is 1. The summed E-state index contributed by atoms with van der Waals surface area (Å²) in [4.78, 5) is 12.9. The van der Waals surface area contributed by atoms with Crippen molar-refractivity contribution in [3.8, 4) is 0 Å². The molecule has 1 fully saturated rings. The maximum atomic E-state index is 11.1. The van der Waals surface area contributed by atoms with E-state index in [1.54, 1.807) is 0 Å². The molecule has 2 amide bonds. The van der Waals surface area contributed by atoms with Crippen LogP contribution < -0.4 is 5.32 Å². The Balaban J connectivity index is 2.10. The lowest BCUT2D eigenvalue weighted by molar-refractivity contribution is 0.168. The number of rotatable bonds is 2. The summed E-state index contributed by atoms with van der Waals surface area (Å²) in [6.45, 7) is 4.42. The van der Waals surface area contributed by atoms with E-state index < -0.39 is 0 Å². The van der Waals surface area contributed by atoms with E-state index >= 15 is 0 Å². The molecule has 1 heterocycles. The third kappa shape index (κ3) is 2.26. The molecule has 1 saturated heterocycles. The molecule has 1 N–H and O–H groups in total. The van der Waals surface area contributed by atoms with Gasteiger partial charge in [0.25, 0.3) is 0 Å². The van der Waals surface area contributed by atoms with Crippen molar-refractivity contribution < 1.29 is 4.79 Å². The summed E-state index contributed by atoms with van der Waals surface area (Å²) in [5.41, 5.74) is 0. The molecule has 1 aliphatic heterocycles. The van der Waals surface area contributed by atoms with Crippen molar-refractivity contribution in [3.05, 3.63) is 12.2 Å². The number of nitrogens with zero attached hydrogens (tertiary/aromatic N) is 1. The number of nitrogens with one attached hydrogen (secondary N) is 1. The highest BCUT2D eigenvalue weighted by atomic mass is 16.2. The van der Waals surface area contributed by atoms with Crippen LogP contribution in [0.5, 0.6) is 0 Å². The van der Waals surface area contributed by atoms with Crippen molar-refractivity contribution in [3.63, 3.8) is 0 Å². The zero-order chi connectivity index (χ0) is 8.10. The highest BCUT2D eigenvalue weighted by Crippen LogP contribution is 2.04. The van der Waals surface area contributed by atoms with Gasteiger partial charge in [-0.15, -0.1) is 0 Å². The summed E-state index contributed by atoms with van der Waals surface area (Å²) in [5.74, 6) is 0. The fourth-order valence-corrected chi connectivity index (χ4v) is 0.895. The molecule has 0 saturated carbocycles. The maximum Gasteiger partial charge on any atom is 0.317 e. The van der Waals surface area contributed by atoms with Crippen LogP contribution >= 0.6 is 0 Å². The van der Waals surface area contributed by atoms with Crippen LogP contribution in [0.1, 0.15) is 13.3 Å². The van der Waals surface area contributed by atoms with Gasteiger partial charge >= 0.3 is 6.03 Å². The van der Waals surface area contributed by atoms with E-state index in [4.69, 9.17) is 0 Å². The monoisotopic (exact) mass is 154 g/mol. The molecule has 0 bridgehead atoms. The van der Waals surface area contributed by atoms with E-state index in [1.165, 1.54) is 0 Å². The van der Waals surface area contributed by atoms with Crippen LogP contribution in [0.4, 0.5) is 4.79 Å². The first-order chi connectivity index (χ1) is 5.34. The molecule has 3 nitrogen and oxygen atoms in total. The Kier molecular flexibility index (Phi) is 2.95. The van der Waals surface area contributed by atoms with Gasteiger partial charge in [0.05, 0.1) is 0 Å². The number of likely N-dealkylation sites (tertiary alicyclic amines) is 1. The van der Waals surface area contributed by atoms with Crippen LogP contribution in [0.15, 0.2) is 12.2 Å². The van der Waals surface area contributed by atoms with Crippen molar-refractivity contribution >= 4 is 6.03 Å². The van der Waals surface area contributed by atoms with Gasteiger partial charge < -0.3 is 10.2 Å². The smallest absolute Gasteiger partial charge is 0.317 e. The van der Waals surface area contributed by atoms with Gasteiger partial charge in [-0.05, 0) is 13.3 Å². The van der Waals surface area contributed by atoms with Crippen LogP contribution in [0, 0.1) is 0 Å². The van der Waals surface area contributed by atoms with Gasteiger partial charge in [-0.1, -0.05) is 12.2 Å². The molecule has 1 aliphatic rings. The average Bonchev–Trinajstić information content (AvgIpc) is 1.84. The highest BCUT2D eigenvalue weighted by Gasteiger charge is 2.18. The predicted molar refractivity (Wildman–Crippen MR) is 44.4 cm³/mol. The fraction of sp³-hybridized carbons (Fsp3) is 0.625. The van der Waals surface area contributed by atoms with Gasteiger partial charge in [-0.25, -0.2) is 4.79 Å². The number of hydrogen-bond donors (Lipinski definition) is 1. The lowest BCUT2D eigenvalue weighted by atomic mass is 10.2. The van der Waals surface area contributed by atoms with Crippen LogP contribution in [0.3, 0.4) is 0 Å².